The minimum absolute atomic E-state index is 0.337. The van der Waals surface area contributed by atoms with E-state index >= 15 is 0 Å². The SMILES string of the molecule is CCCCOC1=CC(OC)=CCC1[C@H]1COc2cc(OCCCC)ccc2C1. The summed E-state index contributed by atoms with van der Waals surface area (Å²) in [5.41, 5.74) is 1.26. The molecule has 0 radical (unpaired) electrons. The molecule has 154 valence electrons. The molecule has 0 spiro atoms. The Hall–Kier alpha value is -2.10. The summed E-state index contributed by atoms with van der Waals surface area (Å²) < 4.78 is 23.6. The summed E-state index contributed by atoms with van der Waals surface area (Å²) in [6, 6.07) is 6.27. The van der Waals surface area contributed by atoms with Crippen molar-refractivity contribution in [2.75, 3.05) is 26.9 Å². The molecule has 0 saturated carbocycles. The van der Waals surface area contributed by atoms with Crippen LogP contribution in [0.25, 0.3) is 0 Å². The van der Waals surface area contributed by atoms with Crippen LogP contribution in [0.4, 0.5) is 0 Å². The maximum absolute atomic E-state index is 6.15. The lowest BCUT2D eigenvalue weighted by Gasteiger charge is -2.34. The zero-order chi connectivity index (χ0) is 19.8. The predicted molar refractivity (Wildman–Crippen MR) is 112 cm³/mol. The molecule has 1 aromatic carbocycles. The van der Waals surface area contributed by atoms with Crippen LogP contribution < -0.4 is 9.47 Å². The minimum atomic E-state index is 0.337. The lowest BCUT2D eigenvalue weighted by atomic mass is 9.80. The first kappa shape index (κ1) is 20.6. The van der Waals surface area contributed by atoms with Gasteiger partial charge in [-0.2, -0.15) is 0 Å². The Morgan fingerprint density at radius 1 is 1.07 bits per heavy atom. The third kappa shape index (κ3) is 5.24. The summed E-state index contributed by atoms with van der Waals surface area (Å²) in [5, 5.41) is 0. The molecule has 1 aliphatic heterocycles. The fraction of sp³-hybridized carbons (Fsp3) is 0.583. The Kier molecular flexibility index (Phi) is 7.70. The zero-order valence-corrected chi connectivity index (χ0v) is 17.5. The molecule has 0 saturated heterocycles. The number of hydrogen-bond acceptors (Lipinski definition) is 4. The molecule has 0 bridgehead atoms. The number of benzene rings is 1. The number of allylic oxidation sites excluding steroid dienone is 3. The van der Waals surface area contributed by atoms with Gasteiger partial charge in [0.15, 0.2) is 0 Å². The molecule has 2 atom stereocenters. The van der Waals surface area contributed by atoms with Gasteiger partial charge in [-0.3, -0.25) is 0 Å². The maximum atomic E-state index is 6.15. The highest BCUT2D eigenvalue weighted by molar-refractivity contribution is 5.42. The number of fused-ring (bicyclic) bond motifs is 1. The highest BCUT2D eigenvalue weighted by atomic mass is 16.5. The molecule has 3 rings (SSSR count). The fourth-order valence-electron chi connectivity index (χ4n) is 3.77. The van der Waals surface area contributed by atoms with E-state index in [1.807, 2.05) is 6.07 Å². The molecule has 28 heavy (non-hydrogen) atoms. The van der Waals surface area contributed by atoms with Crippen LogP contribution in [0, 0.1) is 11.8 Å². The van der Waals surface area contributed by atoms with Crippen LogP contribution in [0.3, 0.4) is 0 Å². The third-order valence-corrected chi connectivity index (χ3v) is 5.53. The van der Waals surface area contributed by atoms with Gasteiger partial charge in [0.25, 0.3) is 0 Å². The predicted octanol–water partition coefficient (Wildman–Crippen LogP) is 5.67. The normalized spacial score (nSPS) is 21.1. The van der Waals surface area contributed by atoms with E-state index in [1.54, 1.807) is 7.11 Å². The molecular formula is C24H34O4. The summed E-state index contributed by atoms with van der Waals surface area (Å²) in [4.78, 5) is 0. The maximum Gasteiger partial charge on any atom is 0.126 e. The monoisotopic (exact) mass is 386 g/mol. The van der Waals surface area contributed by atoms with Crippen molar-refractivity contribution in [3.05, 3.63) is 47.4 Å². The van der Waals surface area contributed by atoms with Gasteiger partial charge in [-0.05, 0) is 43.4 Å². The van der Waals surface area contributed by atoms with Crippen molar-refractivity contribution in [3.63, 3.8) is 0 Å². The van der Waals surface area contributed by atoms with Gasteiger partial charge in [0.2, 0.25) is 0 Å². The Labute approximate surface area is 169 Å². The first-order chi connectivity index (χ1) is 13.7. The molecule has 2 aliphatic rings. The summed E-state index contributed by atoms with van der Waals surface area (Å²) in [7, 11) is 1.71. The van der Waals surface area contributed by atoms with E-state index < -0.39 is 0 Å². The van der Waals surface area contributed by atoms with Crippen LogP contribution in [-0.2, 0) is 15.9 Å². The van der Waals surface area contributed by atoms with Gasteiger partial charge in [-0.15, -0.1) is 0 Å². The molecule has 4 heteroatoms. The van der Waals surface area contributed by atoms with E-state index in [-0.39, 0.29) is 0 Å². The number of rotatable bonds is 10. The van der Waals surface area contributed by atoms with Crippen molar-refractivity contribution in [3.8, 4) is 11.5 Å². The van der Waals surface area contributed by atoms with Gasteiger partial charge in [0, 0.05) is 24.0 Å². The number of ether oxygens (including phenoxy) is 4. The second kappa shape index (κ2) is 10.4. The first-order valence-electron chi connectivity index (χ1n) is 10.7. The van der Waals surface area contributed by atoms with E-state index in [0.717, 1.165) is 74.8 Å². The molecule has 4 nitrogen and oxygen atoms in total. The smallest absolute Gasteiger partial charge is 0.126 e. The van der Waals surface area contributed by atoms with Crippen molar-refractivity contribution < 1.29 is 18.9 Å². The van der Waals surface area contributed by atoms with Crippen LogP contribution in [-0.4, -0.2) is 26.9 Å². The van der Waals surface area contributed by atoms with Crippen LogP contribution in [0.15, 0.2) is 41.9 Å². The van der Waals surface area contributed by atoms with Crippen LogP contribution in [0.1, 0.15) is 51.5 Å². The zero-order valence-electron chi connectivity index (χ0n) is 17.5. The summed E-state index contributed by atoms with van der Waals surface area (Å²) in [6.07, 6.45) is 10.6. The van der Waals surface area contributed by atoms with Gasteiger partial charge in [-0.25, -0.2) is 0 Å². The fourth-order valence-corrected chi connectivity index (χ4v) is 3.77. The van der Waals surface area contributed by atoms with Crippen molar-refractivity contribution in [1.29, 1.82) is 0 Å². The summed E-state index contributed by atoms with van der Waals surface area (Å²) in [5.74, 6) is 4.55. The second-order valence-corrected chi connectivity index (χ2v) is 7.65. The Bertz CT molecular complexity index is 692. The molecular weight excluding hydrogens is 352 g/mol. The standard InChI is InChI=1S/C24H34O4/c1-4-6-12-26-21-9-8-18-14-19(17-28-23(18)16-21)22-11-10-20(25-3)15-24(22)27-13-7-5-2/h8-10,15-16,19,22H,4-7,11-14,17H2,1-3H3/t19-,22?/m1/s1. The van der Waals surface area contributed by atoms with Crippen molar-refractivity contribution in [2.45, 2.75) is 52.4 Å². The second-order valence-electron chi connectivity index (χ2n) is 7.65. The topological polar surface area (TPSA) is 36.9 Å². The highest BCUT2D eigenvalue weighted by Crippen LogP contribution is 2.39. The Balaban J connectivity index is 1.66. The number of hydrogen-bond donors (Lipinski definition) is 0. The number of unbranched alkanes of at least 4 members (excludes halogenated alkanes) is 2. The minimum Gasteiger partial charge on any atom is -0.497 e. The molecule has 0 N–H and O–H groups in total. The quantitative estimate of drug-likeness (QED) is 0.486. The average molecular weight is 387 g/mol. The highest BCUT2D eigenvalue weighted by Gasteiger charge is 2.32. The Morgan fingerprint density at radius 2 is 1.86 bits per heavy atom. The van der Waals surface area contributed by atoms with Gasteiger partial charge < -0.3 is 18.9 Å². The molecule has 1 aromatic rings. The van der Waals surface area contributed by atoms with E-state index in [1.165, 1.54) is 5.56 Å². The average Bonchev–Trinajstić information content (AvgIpc) is 2.73. The van der Waals surface area contributed by atoms with E-state index in [2.05, 4.69) is 38.1 Å². The molecule has 1 unspecified atom stereocenters. The van der Waals surface area contributed by atoms with Gasteiger partial charge in [0.1, 0.15) is 23.0 Å². The van der Waals surface area contributed by atoms with E-state index in [0.29, 0.717) is 18.4 Å². The third-order valence-electron chi connectivity index (χ3n) is 5.53. The van der Waals surface area contributed by atoms with Gasteiger partial charge in [0.05, 0.1) is 26.9 Å². The summed E-state index contributed by atoms with van der Waals surface area (Å²) in [6.45, 7) is 6.59. The van der Waals surface area contributed by atoms with Crippen molar-refractivity contribution >= 4 is 0 Å². The first-order valence-corrected chi connectivity index (χ1v) is 10.7. The van der Waals surface area contributed by atoms with Gasteiger partial charge >= 0.3 is 0 Å². The summed E-state index contributed by atoms with van der Waals surface area (Å²) >= 11 is 0. The molecule has 1 heterocycles. The molecule has 0 amide bonds. The van der Waals surface area contributed by atoms with Crippen LogP contribution in [0.5, 0.6) is 11.5 Å². The largest absolute Gasteiger partial charge is 0.497 e. The lowest BCUT2D eigenvalue weighted by molar-refractivity contribution is 0.112. The molecule has 0 aromatic heterocycles. The van der Waals surface area contributed by atoms with E-state index in [4.69, 9.17) is 18.9 Å². The number of methoxy groups -OCH3 is 1. The molecule has 0 fully saturated rings. The van der Waals surface area contributed by atoms with Crippen LogP contribution >= 0.6 is 0 Å². The lowest BCUT2D eigenvalue weighted by Crippen LogP contribution is -2.30. The Morgan fingerprint density at radius 3 is 2.61 bits per heavy atom. The van der Waals surface area contributed by atoms with Crippen molar-refractivity contribution in [1.82, 2.24) is 0 Å². The van der Waals surface area contributed by atoms with Crippen LogP contribution in [0.2, 0.25) is 0 Å². The van der Waals surface area contributed by atoms with Gasteiger partial charge in [-0.1, -0.05) is 32.8 Å². The van der Waals surface area contributed by atoms with Crippen molar-refractivity contribution in [2.24, 2.45) is 11.8 Å². The molecule has 1 aliphatic carbocycles. The van der Waals surface area contributed by atoms with E-state index in [9.17, 15) is 0 Å².